The van der Waals surface area contributed by atoms with Crippen LogP contribution in [0.25, 0.3) is 0 Å². The summed E-state index contributed by atoms with van der Waals surface area (Å²) in [6.07, 6.45) is 2.17. The number of alkyl halides is 2. The third-order valence-corrected chi connectivity index (χ3v) is 3.78. The Bertz CT molecular complexity index is 453. The van der Waals surface area contributed by atoms with Crippen LogP contribution >= 0.6 is 0 Å². The first-order valence-corrected chi connectivity index (χ1v) is 6.81. The fourth-order valence-electron chi connectivity index (χ4n) is 3.00. The molecule has 0 aromatic heterocycles. The summed E-state index contributed by atoms with van der Waals surface area (Å²) < 4.78 is 28.2. The summed E-state index contributed by atoms with van der Waals surface area (Å²) in [5, 5.41) is 0. The third-order valence-electron chi connectivity index (χ3n) is 3.78. The fourth-order valence-corrected chi connectivity index (χ4v) is 3.00. The maximum Gasteiger partial charge on any atom is 0.274 e. The molecule has 0 aliphatic heterocycles. The largest absolute Gasteiger partial charge is 0.274 e. The van der Waals surface area contributed by atoms with Gasteiger partial charge in [0.1, 0.15) is 0 Å². The Kier molecular flexibility index (Phi) is 3.25. The van der Waals surface area contributed by atoms with Crippen LogP contribution in [0.3, 0.4) is 0 Å². The van der Waals surface area contributed by atoms with Gasteiger partial charge in [0.15, 0.2) is 0 Å². The predicted octanol–water partition coefficient (Wildman–Crippen LogP) is 4.97. The molecule has 18 heavy (non-hydrogen) atoms. The van der Waals surface area contributed by atoms with E-state index in [1.54, 1.807) is 0 Å². The molecule has 0 amide bonds. The minimum atomic E-state index is -2.62. The Morgan fingerprint density at radius 3 is 2.44 bits per heavy atom. The molecule has 2 heteroatoms. The summed E-state index contributed by atoms with van der Waals surface area (Å²) in [7, 11) is 0. The highest BCUT2D eigenvalue weighted by molar-refractivity contribution is 5.49. The van der Waals surface area contributed by atoms with E-state index in [4.69, 9.17) is 0 Å². The highest BCUT2D eigenvalue weighted by Gasteiger charge is 2.42. The van der Waals surface area contributed by atoms with E-state index in [1.807, 2.05) is 13.0 Å². The Morgan fingerprint density at radius 2 is 1.89 bits per heavy atom. The molecular weight excluding hydrogens is 230 g/mol. The maximum absolute atomic E-state index is 14.1. The number of halogens is 2. The van der Waals surface area contributed by atoms with Crippen molar-refractivity contribution in [2.75, 3.05) is 0 Å². The second-order valence-electron chi connectivity index (χ2n) is 6.33. The van der Waals surface area contributed by atoms with Gasteiger partial charge in [-0.1, -0.05) is 46.2 Å². The van der Waals surface area contributed by atoms with E-state index in [1.165, 1.54) is 0 Å². The van der Waals surface area contributed by atoms with Crippen molar-refractivity contribution < 1.29 is 8.78 Å². The van der Waals surface area contributed by atoms with Crippen molar-refractivity contribution in [3.63, 3.8) is 0 Å². The van der Waals surface area contributed by atoms with Crippen LogP contribution in [-0.4, -0.2) is 0 Å². The van der Waals surface area contributed by atoms with E-state index in [0.29, 0.717) is 12.0 Å². The van der Waals surface area contributed by atoms with Crippen LogP contribution in [0.2, 0.25) is 0 Å². The van der Waals surface area contributed by atoms with Gasteiger partial charge in [-0.15, -0.1) is 0 Å². The van der Waals surface area contributed by atoms with Crippen LogP contribution in [0, 0.1) is 0 Å². The van der Waals surface area contributed by atoms with Gasteiger partial charge in [0.2, 0.25) is 0 Å². The number of fused-ring (bicyclic) bond motifs is 1. The third kappa shape index (κ3) is 2.17. The molecule has 0 atom stereocenters. The van der Waals surface area contributed by atoms with Crippen LogP contribution < -0.4 is 0 Å². The molecule has 0 nitrogen and oxygen atoms in total. The Hall–Kier alpha value is -0.920. The minimum Gasteiger partial charge on any atom is -0.201 e. The van der Waals surface area contributed by atoms with Crippen molar-refractivity contribution >= 4 is 0 Å². The van der Waals surface area contributed by atoms with E-state index < -0.39 is 5.92 Å². The summed E-state index contributed by atoms with van der Waals surface area (Å²) in [6.45, 7) is 8.33. The first-order chi connectivity index (χ1) is 8.27. The van der Waals surface area contributed by atoms with E-state index in [0.717, 1.165) is 29.5 Å². The predicted molar refractivity (Wildman–Crippen MR) is 71.4 cm³/mol. The molecule has 1 aromatic rings. The summed E-state index contributed by atoms with van der Waals surface area (Å²) in [4.78, 5) is 0. The van der Waals surface area contributed by atoms with Crippen LogP contribution in [0.1, 0.15) is 62.8 Å². The number of hydrogen-bond acceptors (Lipinski definition) is 0. The lowest BCUT2D eigenvalue weighted by Gasteiger charge is -2.25. The SMILES string of the molecule is CCCc1ccc(C(C)(C)C)c2c1C(F)(F)CC2. The van der Waals surface area contributed by atoms with Gasteiger partial charge in [-0.05, 0) is 34.9 Å². The Balaban J connectivity index is 2.63. The monoisotopic (exact) mass is 252 g/mol. The van der Waals surface area contributed by atoms with E-state index in [9.17, 15) is 8.78 Å². The second-order valence-corrected chi connectivity index (χ2v) is 6.33. The molecule has 0 heterocycles. The molecule has 2 rings (SSSR count). The molecule has 0 radical (unpaired) electrons. The lowest BCUT2D eigenvalue weighted by atomic mass is 9.81. The van der Waals surface area contributed by atoms with Crippen molar-refractivity contribution in [2.24, 2.45) is 0 Å². The minimum absolute atomic E-state index is 0.0217. The number of benzene rings is 1. The zero-order chi connectivity index (χ0) is 13.6. The van der Waals surface area contributed by atoms with Crippen molar-refractivity contribution in [1.82, 2.24) is 0 Å². The maximum atomic E-state index is 14.1. The highest BCUT2D eigenvalue weighted by atomic mass is 19.3. The summed E-state index contributed by atoms with van der Waals surface area (Å²) in [5.74, 6) is -2.62. The molecule has 0 saturated carbocycles. The molecule has 0 saturated heterocycles. The van der Waals surface area contributed by atoms with E-state index in [-0.39, 0.29) is 11.8 Å². The molecule has 0 fully saturated rings. The first kappa shape index (κ1) is 13.5. The number of rotatable bonds is 2. The second kappa shape index (κ2) is 4.32. The van der Waals surface area contributed by atoms with Gasteiger partial charge >= 0.3 is 0 Å². The molecule has 1 aliphatic carbocycles. The molecule has 0 N–H and O–H groups in total. The average molecular weight is 252 g/mol. The summed E-state index contributed by atoms with van der Waals surface area (Å²) in [6, 6.07) is 3.98. The van der Waals surface area contributed by atoms with Gasteiger partial charge in [0, 0.05) is 12.0 Å². The topological polar surface area (TPSA) is 0 Å². The van der Waals surface area contributed by atoms with Crippen LogP contribution in [0.4, 0.5) is 8.78 Å². The Labute approximate surface area is 108 Å². The van der Waals surface area contributed by atoms with Crippen molar-refractivity contribution in [1.29, 1.82) is 0 Å². The van der Waals surface area contributed by atoms with Gasteiger partial charge in [0.05, 0.1) is 0 Å². The van der Waals surface area contributed by atoms with E-state index in [2.05, 4.69) is 26.8 Å². The summed E-state index contributed by atoms with van der Waals surface area (Å²) >= 11 is 0. The van der Waals surface area contributed by atoms with Gasteiger partial charge in [0.25, 0.3) is 5.92 Å². The lowest BCUT2D eigenvalue weighted by molar-refractivity contribution is -0.00264. The van der Waals surface area contributed by atoms with Crippen molar-refractivity contribution in [3.8, 4) is 0 Å². The van der Waals surface area contributed by atoms with Gasteiger partial charge in [-0.3, -0.25) is 0 Å². The molecule has 1 aromatic carbocycles. The van der Waals surface area contributed by atoms with Crippen molar-refractivity contribution in [3.05, 3.63) is 34.4 Å². The molecule has 0 unspecified atom stereocenters. The van der Waals surface area contributed by atoms with Gasteiger partial charge in [-0.2, -0.15) is 0 Å². The normalized spacial score (nSPS) is 17.9. The Morgan fingerprint density at radius 1 is 1.22 bits per heavy atom. The molecular formula is C16H22F2. The highest BCUT2D eigenvalue weighted by Crippen LogP contribution is 2.47. The lowest BCUT2D eigenvalue weighted by Crippen LogP contribution is -2.17. The van der Waals surface area contributed by atoms with Crippen molar-refractivity contribution in [2.45, 2.75) is 64.7 Å². The first-order valence-electron chi connectivity index (χ1n) is 6.81. The molecule has 1 aliphatic rings. The zero-order valence-electron chi connectivity index (χ0n) is 11.7. The number of hydrogen-bond donors (Lipinski definition) is 0. The zero-order valence-corrected chi connectivity index (χ0v) is 11.7. The summed E-state index contributed by atoms with van der Waals surface area (Å²) in [5.41, 5.74) is 3.14. The average Bonchev–Trinajstić information content (AvgIpc) is 2.55. The van der Waals surface area contributed by atoms with Crippen LogP contribution in [-0.2, 0) is 24.2 Å². The van der Waals surface area contributed by atoms with Gasteiger partial charge < -0.3 is 0 Å². The van der Waals surface area contributed by atoms with E-state index >= 15 is 0 Å². The van der Waals surface area contributed by atoms with Gasteiger partial charge in [-0.25, -0.2) is 8.78 Å². The number of aryl methyl sites for hydroxylation is 1. The smallest absolute Gasteiger partial charge is 0.201 e. The standard InChI is InChI=1S/C16H22F2/c1-5-6-11-7-8-13(15(2,3)4)12-9-10-16(17,18)14(11)12/h7-8H,5-6,9-10H2,1-4H3. The molecule has 0 spiro atoms. The quantitative estimate of drug-likeness (QED) is 0.696. The fraction of sp³-hybridized carbons (Fsp3) is 0.625. The van der Waals surface area contributed by atoms with Crippen LogP contribution in [0.5, 0.6) is 0 Å². The van der Waals surface area contributed by atoms with Crippen LogP contribution in [0.15, 0.2) is 12.1 Å². The molecule has 100 valence electrons. The molecule has 0 bridgehead atoms.